The lowest BCUT2D eigenvalue weighted by Gasteiger charge is -2.54. The second-order valence-corrected chi connectivity index (χ2v) is 13.2. The van der Waals surface area contributed by atoms with E-state index in [9.17, 15) is 14.4 Å². The number of rotatable bonds is 4. The number of hydrogen-bond acceptors (Lipinski definition) is 4. The first-order chi connectivity index (χ1) is 10.6. The second kappa shape index (κ2) is 5.35. The molecule has 3 aliphatic carbocycles. The Labute approximate surface area is 139 Å². The normalized spacial score (nSPS) is 40.2. The quantitative estimate of drug-likeness (QED) is 0.739. The SMILES string of the molecule is CC(=O)C[C@]1(O[Si](C)(C)C)C(=O)C[C@H]2C[C@@H]3CCCC[C@]31C2=O. The summed E-state index contributed by atoms with van der Waals surface area (Å²) < 4.78 is 6.50. The van der Waals surface area contributed by atoms with Gasteiger partial charge in [0.1, 0.15) is 17.2 Å². The van der Waals surface area contributed by atoms with Gasteiger partial charge < -0.3 is 4.43 Å². The Kier molecular flexibility index (Phi) is 3.96. The van der Waals surface area contributed by atoms with Crippen molar-refractivity contribution < 1.29 is 18.8 Å². The molecule has 23 heavy (non-hydrogen) atoms. The molecule has 0 N–H and O–H groups in total. The highest BCUT2D eigenvalue weighted by atomic mass is 28.4. The van der Waals surface area contributed by atoms with Gasteiger partial charge in [-0.25, -0.2) is 0 Å². The minimum absolute atomic E-state index is 0.0177. The maximum absolute atomic E-state index is 13.2. The summed E-state index contributed by atoms with van der Waals surface area (Å²) in [6.07, 6.45) is 4.95. The predicted octanol–water partition coefficient (Wildman–Crippen LogP) is 3.29. The van der Waals surface area contributed by atoms with Gasteiger partial charge in [0.25, 0.3) is 0 Å². The van der Waals surface area contributed by atoms with Gasteiger partial charge in [0.15, 0.2) is 14.1 Å². The number of fused-ring (bicyclic) bond motifs is 1. The number of hydrogen-bond donors (Lipinski definition) is 0. The van der Waals surface area contributed by atoms with Crippen LogP contribution < -0.4 is 0 Å². The van der Waals surface area contributed by atoms with E-state index in [1.54, 1.807) is 0 Å². The van der Waals surface area contributed by atoms with Crippen molar-refractivity contribution in [1.82, 2.24) is 0 Å². The summed E-state index contributed by atoms with van der Waals surface area (Å²) in [7, 11) is -2.10. The molecule has 0 aromatic rings. The Morgan fingerprint density at radius 2 is 1.96 bits per heavy atom. The zero-order chi connectivity index (χ0) is 17.0. The van der Waals surface area contributed by atoms with Crippen LogP contribution in [0.1, 0.15) is 51.9 Å². The molecule has 2 bridgehead atoms. The van der Waals surface area contributed by atoms with Gasteiger partial charge in [-0.2, -0.15) is 0 Å². The zero-order valence-corrected chi connectivity index (χ0v) is 15.7. The van der Waals surface area contributed by atoms with Crippen LogP contribution in [0.2, 0.25) is 19.6 Å². The van der Waals surface area contributed by atoms with Crippen LogP contribution >= 0.6 is 0 Å². The molecule has 0 aromatic carbocycles. The lowest BCUT2D eigenvalue weighted by atomic mass is 9.54. The van der Waals surface area contributed by atoms with Crippen molar-refractivity contribution in [3.05, 3.63) is 0 Å². The zero-order valence-electron chi connectivity index (χ0n) is 14.7. The molecule has 4 nitrogen and oxygen atoms in total. The summed E-state index contributed by atoms with van der Waals surface area (Å²) in [5, 5.41) is 0. The molecule has 0 heterocycles. The molecule has 3 saturated carbocycles. The summed E-state index contributed by atoms with van der Waals surface area (Å²) in [5.74, 6) is 0.283. The molecular formula is C18H28O4Si. The minimum Gasteiger partial charge on any atom is -0.404 e. The molecule has 0 aliphatic heterocycles. The fourth-order valence-electron chi connectivity index (χ4n) is 5.56. The van der Waals surface area contributed by atoms with Gasteiger partial charge in [-0.05, 0) is 51.7 Å². The van der Waals surface area contributed by atoms with Crippen molar-refractivity contribution >= 4 is 25.7 Å². The molecule has 5 heteroatoms. The third kappa shape index (κ3) is 2.38. The Morgan fingerprint density at radius 3 is 2.57 bits per heavy atom. The third-order valence-electron chi connectivity index (χ3n) is 6.03. The highest BCUT2D eigenvalue weighted by Gasteiger charge is 2.72. The van der Waals surface area contributed by atoms with Crippen LogP contribution in [0.25, 0.3) is 0 Å². The molecule has 3 fully saturated rings. The van der Waals surface area contributed by atoms with Crippen LogP contribution in [0.3, 0.4) is 0 Å². The van der Waals surface area contributed by atoms with E-state index in [2.05, 4.69) is 0 Å². The smallest absolute Gasteiger partial charge is 0.185 e. The van der Waals surface area contributed by atoms with E-state index in [1.807, 2.05) is 19.6 Å². The van der Waals surface area contributed by atoms with Crippen molar-refractivity contribution in [3.63, 3.8) is 0 Å². The first-order valence-electron chi connectivity index (χ1n) is 8.90. The van der Waals surface area contributed by atoms with Gasteiger partial charge >= 0.3 is 0 Å². The average Bonchev–Trinajstić information content (AvgIpc) is 2.64. The molecule has 0 saturated heterocycles. The molecule has 128 valence electrons. The summed E-state index contributed by atoms with van der Waals surface area (Å²) in [6, 6.07) is 0. The predicted molar refractivity (Wildman–Crippen MR) is 89.6 cm³/mol. The molecule has 4 atom stereocenters. The number of ketones is 3. The molecule has 3 aliphatic rings. The standard InChI is InChI=1S/C18H28O4Si/c1-12(19)11-18(22-23(2,3)4)15(20)10-13-9-14-7-5-6-8-17(14,18)16(13)21/h13-14H,5-11H2,1-4H3/t13-,14+,17-,18+/m1/s1. The van der Waals surface area contributed by atoms with Gasteiger partial charge in [0, 0.05) is 18.8 Å². The molecular weight excluding hydrogens is 308 g/mol. The van der Waals surface area contributed by atoms with Gasteiger partial charge in [0.2, 0.25) is 0 Å². The second-order valence-electron chi connectivity index (χ2n) is 8.76. The van der Waals surface area contributed by atoms with Gasteiger partial charge in [-0.1, -0.05) is 12.8 Å². The minimum atomic E-state index is -2.10. The lowest BCUT2D eigenvalue weighted by molar-refractivity contribution is -0.176. The van der Waals surface area contributed by atoms with Crippen molar-refractivity contribution in [3.8, 4) is 0 Å². The van der Waals surface area contributed by atoms with Crippen LogP contribution in [0.5, 0.6) is 0 Å². The van der Waals surface area contributed by atoms with Crippen LogP contribution in [0.15, 0.2) is 0 Å². The van der Waals surface area contributed by atoms with E-state index in [0.29, 0.717) is 0 Å². The monoisotopic (exact) mass is 336 g/mol. The van der Waals surface area contributed by atoms with Gasteiger partial charge in [-0.3, -0.25) is 14.4 Å². The highest BCUT2D eigenvalue weighted by molar-refractivity contribution is 6.70. The van der Waals surface area contributed by atoms with Crippen LogP contribution in [0.4, 0.5) is 0 Å². The van der Waals surface area contributed by atoms with E-state index < -0.39 is 19.3 Å². The summed E-state index contributed by atoms with van der Waals surface area (Å²) in [6.45, 7) is 7.65. The van der Waals surface area contributed by atoms with Crippen molar-refractivity contribution in [1.29, 1.82) is 0 Å². The molecule has 0 radical (unpaired) electrons. The molecule has 3 rings (SSSR count). The summed E-state index contributed by atoms with van der Waals surface area (Å²) in [5.41, 5.74) is -1.91. The number of Topliss-reactive ketones (excluding diaryl/α,β-unsaturated/α-hetero) is 3. The topological polar surface area (TPSA) is 60.4 Å². The maximum atomic E-state index is 13.2. The number of carbonyl (C=O) groups excluding carboxylic acids is 3. The van der Waals surface area contributed by atoms with E-state index in [0.717, 1.165) is 32.1 Å². The van der Waals surface area contributed by atoms with Crippen LogP contribution in [-0.2, 0) is 18.8 Å². The van der Waals surface area contributed by atoms with E-state index in [-0.39, 0.29) is 42.0 Å². The number of carbonyl (C=O) groups is 3. The fourth-order valence-corrected chi connectivity index (χ4v) is 6.97. The Hall–Kier alpha value is -0.813. The largest absolute Gasteiger partial charge is 0.404 e. The molecule has 1 spiro atoms. The van der Waals surface area contributed by atoms with Gasteiger partial charge in [0.05, 0.1) is 5.41 Å². The van der Waals surface area contributed by atoms with Crippen LogP contribution in [0, 0.1) is 17.3 Å². The highest BCUT2D eigenvalue weighted by Crippen LogP contribution is 2.64. The summed E-state index contributed by atoms with van der Waals surface area (Å²) in [4.78, 5) is 38.5. The Balaban J connectivity index is 2.18. The average molecular weight is 337 g/mol. The van der Waals surface area contributed by atoms with Crippen molar-refractivity contribution in [2.75, 3.05) is 0 Å². The van der Waals surface area contributed by atoms with E-state index >= 15 is 0 Å². The van der Waals surface area contributed by atoms with Crippen molar-refractivity contribution in [2.45, 2.75) is 77.1 Å². The third-order valence-corrected chi connectivity index (χ3v) is 6.99. The maximum Gasteiger partial charge on any atom is 0.185 e. The van der Waals surface area contributed by atoms with Gasteiger partial charge in [-0.15, -0.1) is 0 Å². The van der Waals surface area contributed by atoms with Crippen LogP contribution in [-0.4, -0.2) is 31.3 Å². The lowest BCUT2D eigenvalue weighted by Crippen LogP contribution is -2.67. The van der Waals surface area contributed by atoms with Crippen molar-refractivity contribution in [2.24, 2.45) is 17.3 Å². The molecule has 0 unspecified atom stereocenters. The first-order valence-corrected chi connectivity index (χ1v) is 12.3. The Morgan fingerprint density at radius 1 is 1.26 bits per heavy atom. The first kappa shape index (κ1) is 17.0. The summed E-state index contributed by atoms with van der Waals surface area (Å²) >= 11 is 0. The Bertz CT molecular complexity index is 564. The molecule has 0 aromatic heterocycles. The fraction of sp³-hybridized carbons (Fsp3) is 0.833. The van der Waals surface area contributed by atoms with E-state index in [4.69, 9.17) is 4.43 Å². The molecule has 0 amide bonds. The van der Waals surface area contributed by atoms with E-state index in [1.165, 1.54) is 6.92 Å².